The highest BCUT2D eigenvalue weighted by Gasteiger charge is 2.17. The normalized spacial score (nSPS) is 11.5. The van der Waals surface area contributed by atoms with Gasteiger partial charge in [0.1, 0.15) is 11.5 Å². The van der Waals surface area contributed by atoms with Gasteiger partial charge >= 0.3 is 0 Å². The molecule has 0 aliphatic rings. The fourth-order valence-corrected chi connectivity index (χ4v) is 3.32. The zero-order chi connectivity index (χ0) is 22.8. The molecule has 0 saturated carbocycles. The molecular formula is C19H22Cl2N4O5S. The van der Waals surface area contributed by atoms with E-state index in [1.807, 2.05) is 0 Å². The van der Waals surface area contributed by atoms with Crippen molar-refractivity contribution >= 4 is 58.5 Å². The van der Waals surface area contributed by atoms with Crippen LogP contribution in [0.1, 0.15) is 25.5 Å². The molecule has 1 heterocycles. The maximum absolute atomic E-state index is 12.0. The van der Waals surface area contributed by atoms with Gasteiger partial charge in [0.2, 0.25) is 17.7 Å². The lowest BCUT2D eigenvalue weighted by Gasteiger charge is -2.11. The predicted molar refractivity (Wildman–Crippen MR) is 119 cm³/mol. The van der Waals surface area contributed by atoms with E-state index in [9.17, 15) is 14.4 Å². The highest BCUT2D eigenvalue weighted by atomic mass is 35.5. The third kappa shape index (κ3) is 9.07. The van der Waals surface area contributed by atoms with E-state index in [1.54, 1.807) is 38.1 Å². The van der Waals surface area contributed by atoms with Crippen LogP contribution in [-0.4, -0.2) is 40.5 Å². The zero-order valence-corrected chi connectivity index (χ0v) is 19.2. The summed E-state index contributed by atoms with van der Waals surface area (Å²) < 4.78 is 10.4. The molecule has 1 aromatic heterocycles. The Balaban J connectivity index is 1.57. The van der Waals surface area contributed by atoms with Crippen LogP contribution in [0.2, 0.25) is 10.0 Å². The molecule has 9 nitrogen and oxygen atoms in total. The Kier molecular flexibility index (Phi) is 9.96. The first-order valence-corrected chi connectivity index (χ1v) is 11.1. The molecule has 0 saturated heterocycles. The molecule has 1 atom stereocenters. The second kappa shape index (κ2) is 12.4. The van der Waals surface area contributed by atoms with E-state index in [2.05, 4.69) is 21.3 Å². The summed E-state index contributed by atoms with van der Waals surface area (Å²) in [4.78, 5) is 35.7. The minimum absolute atomic E-state index is 0.00904. The maximum Gasteiger partial charge on any atom is 0.248 e. The van der Waals surface area contributed by atoms with Gasteiger partial charge in [0.15, 0.2) is 5.82 Å². The molecule has 12 heteroatoms. The van der Waals surface area contributed by atoms with Crippen LogP contribution in [-0.2, 0) is 14.4 Å². The van der Waals surface area contributed by atoms with Crippen LogP contribution in [0.4, 0.5) is 5.82 Å². The van der Waals surface area contributed by atoms with Crippen LogP contribution in [0.25, 0.3) is 0 Å². The van der Waals surface area contributed by atoms with Gasteiger partial charge in [-0.15, -0.1) is 11.8 Å². The number of amides is 3. The molecule has 2 rings (SSSR count). The lowest BCUT2D eigenvalue weighted by atomic mass is 10.3. The SMILES string of the molecule is Cc1cc(NC(=O)C(C)SCC(=O)NNC(=O)CCCOc2ccc(Cl)cc2Cl)no1. The van der Waals surface area contributed by atoms with Gasteiger partial charge in [-0.3, -0.25) is 25.2 Å². The number of nitrogens with zero attached hydrogens (tertiary/aromatic N) is 1. The Bertz CT molecular complexity index is 924. The summed E-state index contributed by atoms with van der Waals surface area (Å²) in [5.74, 6) is 0.255. The van der Waals surface area contributed by atoms with Gasteiger partial charge in [0, 0.05) is 17.5 Å². The fourth-order valence-electron chi connectivity index (χ4n) is 2.17. The lowest BCUT2D eigenvalue weighted by Crippen LogP contribution is -2.42. The predicted octanol–water partition coefficient (Wildman–Crippen LogP) is 3.36. The van der Waals surface area contributed by atoms with Crippen molar-refractivity contribution in [3.63, 3.8) is 0 Å². The van der Waals surface area contributed by atoms with Gasteiger partial charge in [-0.1, -0.05) is 28.4 Å². The molecule has 0 aliphatic heterocycles. The number of aromatic nitrogens is 1. The standard InChI is InChI=1S/C19H22Cl2N4O5S/c1-11-8-16(25-30-11)22-19(28)12(2)31-10-18(27)24-23-17(26)4-3-7-29-15-6-5-13(20)9-14(15)21/h5-6,8-9,12H,3-4,7,10H2,1-2H3,(H,23,26)(H,24,27)(H,22,25,28). The average Bonchev–Trinajstić information content (AvgIpc) is 3.13. The van der Waals surface area contributed by atoms with E-state index >= 15 is 0 Å². The largest absolute Gasteiger partial charge is 0.492 e. The first-order chi connectivity index (χ1) is 14.7. The van der Waals surface area contributed by atoms with Crippen molar-refractivity contribution in [2.24, 2.45) is 0 Å². The van der Waals surface area contributed by atoms with Gasteiger partial charge in [-0.2, -0.15) is 0 Å². The topological polar surface area (TPSA) is 123 Å². The summed E-state index contributed by atoms with van der Waals surface area (Å²) >= 11 is 12.9. The summed E-state index contributed by atoms with van der Waals surface area (Å²) in [5.41, 5.74) is 4.63. The van der Waals surface area contributed by atoms with Crippen molar-refractivity contribution in [3.05, 3.63) is 40.1 Å². The Hall–Kier alpha value is -2.43. The number of anilines is 1. The fraction of sp³-hybridized carbons (Fsp3) is 0.368. The van der Waals surface area contributed by atoms with Crippen LogP contribution in [0.15, 0.2) is 28.8 Å². The van der Waals surface area contributed by atoms with Crippen LogP contribution in [0.5, 0.6) is 5.75 Å². The lowest BCUT2D eigenvalue weighted by molar-refractivity contribution is -0.127. The Morgan fingerprint density at radius 2 is 1.94 bits per heavy atom. The van der Waals surface area contributed by atoms with Gasteiger partial charge in [0.05, 0.1) is 22.6 Å². The molecule has 0 bridgehead atoms. The van der Waals surface area contributed by atoms with Gasteiger partial charge in [-0.05, 0) is 38.5 Å². The molecule has 0 radical (unpaired) electrons. The average molecular weight is 489 g/mol. The highest BCUT2D eigenvalue weighted by molar-refractivity contribution is 8.01. The summed E-state index contributed by atoms with van der Waals surface area (Å²) in [6.45, 7) is 3.64. The van der Waals surface area contributed by atoms with Crippen LogP contribution in [0.3, 0.4) is 0 Å². The van der Waals surface area contributed by atoms with Gasteiger partial charge < -0.3 is 14.6 Å². The number of nitrogens with one attached hydrogen (secondary N) is 3. The van der Waals surface area contributed by atoms with Crippen LogP contribution >= 0.6 is 35.0 Å². The smallest absolute Gasteiger partial charge is 0.248 e. The maximum atomic E-state index is 12.0. The van der Waals surface area contributed by atoms with E-state index in [1.165, 1.54) is 0 Å². The van der Waals surface area contributed by atoms with Crippen molar-refractivity contribution in [3.8, 4) is 5.75 Å². The molecule has 2 aromatic rings. The number of halogens is 2. The second-order valence-corrected chi connectivity index (χ2v) is 8.56. The first kappa shape index (κ1) is 24.8. The molecule has 0 aliphatic carbocycles. The number of thioether (sulfide) groups is 1. The van der Waals surface area contributed by atoms with Crippen LogP contribution in [0, 0.1) is 6.92 Å². The number of carbonyl (C=O) groups is 3. The summed E-state index contributed by atoms with van der Waals surface area (Å²) in [7, 11) is 0. The third-order valence-electron chi connectivity index (χ3n) is 3.75. The van der Waals surface area contributed by atoms with Crippen molar-refractivity contribution in [2.75, 3.05) is 17.7 Å². The van der Waals surface area contributed by atoms with E-state index in [4.69, 9.17) is 32.5 Å². The molecule has 31 heavy (non-hydrogen) atoms. The zero-order valence-electron chi connectivity index (χ0n) is 16.9. The minimum atomic E-state index is -0.504. The number of hydrogen-bond donors (Lipinski definition) is 3. The van der Waals surface area contributed by atoms with Gasteiger partial charge in [0.25, 0.3) is 0 Å². The number of hydrogen-bond acceptors (Lipinski definition) is 7. The molecule has 3 amide bonds. The van der Waals surface area contributed by atoms with Crippen molar-refractivity contribution in [1.82, 2.24) is 16.0 Å². The van der Waals surface area contributed by atoms with E-state index < -0.39 is 11.2 Å². The quantitative estimate of drug-likeness (QED) is 0.346. The van der Waals surface area contributed by atoms with E-state index in [-0.39, 0.29) is 30.6 Å². The minimum Gasteiger partial charge on any atom is -0.492 e. The number of ether oxygens (including phenoxy) is 1. The molecule has 0 spiro atoms. The summed E-state index contributed by atoms with van der Waals surface area (Å²) in [6.07, 6.45) is 0.572. The van der Waals surface area contributed by atoms with Crippen molar-refractivity contribution in [1.29, 1.82) is 0 Å². The Morgan fingerprint density at radius 1 is 1.19 bits per heavy atom. The number of rotatable bonds is 10. The summed E-state index contributed by atoms with van der Waals surface area (Å²) in [6, 6.07) is 6.46. The number of benzene rings is 1. The van der Waals surface area contributed by atoms with E-state index in [0.717, 1.165) is 11.8 Å². The van der Waals surface area contributed by atoms with Gasteiger partial charge in [-0.25, -0.2) is 0 Å². The third-order valence-corrected chi connectivity index (χ3v) is 5.43. The van der Waals surface area contributed by atoms with Crippen molar-refractivity contribution in [2.45, 2.75) is 31.9 Å². The molecule has 0 fully saturated rings. The Morgan fingerprint density at radius 3 is 2.61 bits per heavy atom. The first-order valence-electron chi connectivity index (χ1n) is 9.26. The molecule has 1 aromatic carbocycles. The molecule has 3 N–H and O–H groups in total. The van der Waals surface area contributed by atoms with Crippen molar-refractivity contribution < 1.29 is 23.6 Å². The number of aryl methyl sites for hydroxylation is 1. The molecule has 168 valence electrons. The second-order valence-electron chi connectivity index (χ2n) is 6.39. The Labute approximate surface area is 193 Å². The number of hydrazine groups is 1. The number of carbonyl (C=O) groups excluding carboxylic acids is 3. The molecular weight excluding hydrogens is 467 g/mol. The van der Waals surface area contributed by atoms with E-state index in [0.29, 0.717) is 33.8 Å². The molecule has 1 unspecified atom stereocenters. The highest BCUT2D eigenvalue weighted by Crippen LogP contribution is 2.27. The monoisotopic (exact) mass is 488 g/mol. The summed E-state index contributed by atoms with van der Waals surface area (Å²) in [5, 5.41) is 6.65. The van der Waals surface area contributed by atoms with Crippen LogP contribution < -0.4 is 20.9 Å².